The highest BCUT2D eigenvalue weighted by Gasteiger charge is 2.20. The number of aryl methyl sites for hydroxylation is 1. The number of aromatic nitrogens is 3. The number of allylic oxidation sites excluding steroid dienone is 1. The Labute approximate surface area is 210 Å². The van der Waals surface area contributed by atoms with E-state index in [9.17, 15) is 4.79 Å². The summed E-state index contributed by atoms with van der Waals surface area (Å²) in [6.07, 6.45) is 5.30. The molecule has 178 valence electrons. The van der Waals surface area contributed by atoms with Crippen molar-refractivity contribution in [3.8, 4) is 22.4 Å². The quantitative estimate of drug-likeness (QED) is 0.375. The van der Waals surface area contributed by atoms with Gasteiger partial charge in [-0.15, -0.1) is 0 Å². The van der Waals surface area contributed by atoms with Gasteiger partial charge >= 0.3 is 0 Å². The van der Waals surface area contributed by atoms with Gasteiger partial charge in [-0.3, -0.25) is 4.79 Å². The number of nitrogens with zero attached hydrogens (tertiary/aromatic N) is 4. The summed E-state index contributed by atoms with van der Waals surface area (Å²) in [4.78, 5) is 29.5. The minimum absolute atomic E-state index is 0.00667. The van der Waals surface area contributed by atoms with E-state index < -0.39 is 0 Å². The maximum atomic E-state index is 12.1. The van der Waals surface area contributed by atoms with Crippen molar-refractivity contribution in [2.24, 2.45) is 0 Å². The summed E-state index contributed by atoms with van der Waals surface area (Å²) in [7, 11) is 2.15. The fourth-order valence-electron chi connectivity index (χ4n) is 4.62. The van der Waals surface area contributed by atoms with E-state index in [0.717, 1.165) is 76.5 Å². The molecule has 1 aliphatic heterocycles. The van der Waals surface area contributed by atoms with Crippen molar-refractivity contribution in [2.45, 2.75) is 13.3 Å². The summed E-state index contributed by atoms with van der Waals surface area (Å²) in [5.74, 6) is 0.976. The molecule has 0 spiro atoms. The lowest BCUT2D eigenvalue weighted by Crippen LogP contribution is -2.44. The molecule has 0 atom stereocenters. The van der Waals surface area contributed by atoms with Crippen LogP contribution in [-0.4, -0.2) is 58.9 Å². The third-order valence-electron chi connectivity index (χ3n) is 6.74. The van der Waals surface area contributed by atoms with Crippen molar-refractivity contribution in [2.75, 3.05) is 38.1 Å². The van der Waals surface area contributed by atoms with Crippen LogP contribution in [0.15, 0.2) is 61.4 Å². The summed E-state index contributed by atoms with van der Waals surface area (Å²) in [6, 6.07) is 12.2. The molecule has 4 aromatic rings. The van der Waals surface area contributed by atoms with Crippen LogP contribution in [0.2, 0.25) is 5.02 Å². The Kier molecular flexibility index (Phi) is 6.41. The molecular weight excluding hydrogens is 458 g/mol. The zero-order valence-corrected chi connectivity index (χ0v) is 20.8. The highest BCUT2D eigenvalue weighted by molar-refractivity contribution is 6.36. The number of likely N-dealkylation sites (N-methyl/N-ethyl adjacent to an activating group) is 1. The molecule has 5 rings (SSSR count). The van der Waals surface area contributed by atoms with E-state index in [1.807, 2.05) is 19.2 Å². The van der Waals surface area contributed by atoms with Crippen LogP contribution < -0.4 is 4.90 Å². The van der Waals surface area contributed by atoms with E-state index in [-0.39, 0.29) is 5.78 Å². The van der Waals surface area contributed by atoms with Crippen LogP contribution in [0.25, 0.3) is 33.4 Å². The molecule has 1 aromatic carbocycles. The summed E-state index contributed by atoms with van der Waals surface area (Å²) >= 11 is 6.68. The second kappa shape index (κ2) is 9.64. The van der Waals surface area contributed by atoms with Gasteiger partial charge in [-0.2, -0.15) is 0 Å². The molecule has 4 heterocycles. The van der Waals surface area contributed by atoms with E-state index in [4.69, 9.17) is 16.6 Å². The maximum absolute atomic E-state index is 12.1. The Morgan fingerprint density at radius 3 is 2.60 bits per heavy atom. The predicted octanol–water partition coefficient (Wildman–Crippen LogP) is 5.30. The Hall–Kier alpha value is -3.48. The number of anilines is 1. The summed E-state index contributed by atoms with van der Waals surface area (Å²) in [5, 5.41) is 1.48. The number of piperazine rings is 1. The first-order valence-electron chi connectivity index (χ1n) is 11.8. The SMILES string of the molecule is C=CC(=O)Cc1cc(-c2c(-c3ccc(N4CCN(C)CC4)nc3)[nH]c3nccc(Cl)c23)ccc1C. The van der Waals surface area contributed by atoms with Crippen LogP contribution in [0.1, 0.15) is 11.1 Å². The number of pyridine rings is 2. The van der Waals surface area contributed by atoms with Gasteiger partial charge in [-0.25, -0.2) is 9.97 Å². The van der Waals surface area contributed by atoms with Crippen molar-refractivity contribution >= 4 is 34.2 Å². The molecule has 35 heavy (non-hydrogen) atoms. The van der Waals surface area contributed by atoms with Crippen LogP contribution in [0.5, 0.6) is 0 Å². The van der Waals surface area contributed by atoms with Gasteiger partial charge in [0, 0.05) is 61.5 Å². The van der Waals surface area contributed by atoms with Crippen LogP contribution in [0.4, 0.5) is 5.82 Å². The van der Waals surface area contributed by atoms with Crippen molar-refractivity contribution < 1.29 is 4.79 Å². The maximum Gasteiger partial charge on any atom is 0.159 e. The lowest BCUT2D eigenvalue weighted by molar-refractivity contribution is -0.114. The van der Waals surface area contributed by atoms with Gasteiger partial charge in [0.15, 0.2) is 5.78 Å². The van der Waals surface area contributed by atoms with E-state index in [0.29, 0.717) is 11.4 Å². The van der Waals surface area contributed by atoms with Crippen molar-refractivity contribution in [3.63, 3.8) is 0 Å². The largest absolute Gasteiger partial charge is 0.354 e. The molecule has 1 N–H and O–H groups in total. The number of halogens is 1. The average Bonchev–Trinajstić information content (AvgIpc) is 3.27. The first-order chi connectivity index (χ1) is 16.9. The molecule has 1 aliphatic rings. The van der Waals surface area contributed by atoms with Crippen LogP contribution >= 0.6 is 11.6 Å². The normalized spacial score (nSPS) is 14.4. The Bertz CT molecular complexity index is 1400. The predicted molar refractivity (Wildman–Crippen MR) is 143 cm³/mol. The Morgan fingerprint density at radius 1 is 1.11 bits per heavy atom. The zero-order chi connectivity index (χ0) is 24.5. The fourth-order valence-corrected chi connectivity index (χ4v) is 4.86. The third kappa shape index (κ3) is 4.59. The molecule has 0 bridgehead atoms. The molecule has 0 unspecified atom stereocenters. The topological polar surface area (TPSA) is 65.1 Å². The minimum Gasteiger partial charge on any atom is -0.354 e. The second-order valence-corrected chi connectivity index (χ2v) is 9.48. The monoisotopic (exact) mass is 485 g/mol. The highest BCUT2D eigenvalue weighted by Crippen LogP contribution is 2.41. The number of carbonyl (C=O) groups excluding carboxylic acids is 1. The molecule has 0 amide bonds. The number of hydrogen-bond acceptors (Lipinski definition) is 5. The number of nitrogens with one attached hydrogen (secondary N) is 1. The summed E-state index contributed by atoms with van der Waals surface area (Å²) in [6.45, 7) is 9.63. The molecule has 7 heteroatoms. The minimum atomic E-state index is -0.00667. The van der Waals surface area contributed by atoms with Crippen LogP contribution in [0, 0.1) is 6.92 Å². The second-order valence-electron chi connectivity index (χ2n) is 9.08. The van der Waals surface area contributed by atoms with Gasteiger partial charge in [-0.1, -0.05) is 36.4 Å². The van der Waals surface area contributed by atoms with Gasteiger partial charge < -0.3 is 14.8 Å². The molecular formula is C28H28ClN5O. The fraction of sp³-hybridized carbons (Fsp3) is 0.250. The number of H-pyrrole nitrogens is 1. The number of ketones is 1. The highest BCUT2D eigenvalue weighted by atomic mass is 35.5. The first kappa shape index (κ1) is 23.3. The van der Waals surface area contributed by atoms with E-state index >= 15 is 0 Å². The van der Waals surface area contributed by atoms with E-state index in [2.05, 4.69) is 57.7 Å². The van der Waals surface area contributed by atoms with Gasteiger partial charge in [0.25, 0.3) is 0 Å². The number of carbonyl (C=O) groups is 1. The summed E-state index contributed by atoms with van der Waals surface area (Å²) < 4.78 is 0. The van der Waals surface area contributed by atoms with Crippen molar-refractivity contribution in [1.29, 1.82) is 0 Å². The Balaban J connectivity index is 1.60. The average molecular weight is 486 g/mol. The van der Waals surface area contributed by atoms with E-state index in [1.165, 1.54) is 6.08 Å². The standard InChI is InChI=1S/C28H28ClN5O/c1-4-22(35)16-21-15-19(6-5-18(21)2)25-26-23(29)9-10-30-28(26)32-27(25)20-7-8-24(31-17-20)34-13-11-33(3)12-14-34/h4-10,15,17H,1,11-14,16H2,2-3H3,(H,30,32). The summed E-state index contributed by atoms with van der Waals surface area (Å²) in [5.41, 5.74) is 6.54. The number of rotatable bonds is 6. The van der Waals surface area contributed by atoms with Gasteiger partial charge in [-0.05, 0) is 54.9 Å². The van der Waals surface area contributed by atoms with Crippen molar-refractivity contribution in [1.82, 2.24) is 19.9 Å². The zero-order valence-electron chi connectivity index (χ0n) is 20.0. The number of aromatic amines is 1. The molecule has 1 saturated heterocycles. The number of benzene rings is 1. The number of hydrogen-bond donors (Lipinski definition) is 1. The van der Waals surface area contributed by atoms with Crippen LogP contribution in [0.3, 0.4) is 0 Å². The van der Waals surface area contributed by atoms with E-state index in [1.54, 1.807) is 12.3 Å². The lowest BCUT2D eigenvalue weighted by Gasteiger charge is -2.33. The molecule has 1 fully saturated rings. The smallest absolute Gasteiger partial charge is 0.159 e. The molecule has 0 aliphatic carbocycles. The van der Waals surface area contributed by atoms with Gasteiger partial charge in [0.2, 0.25) is 0 Å². The Morgan fingerprint density at radius 2 is 1.89 bits per heavy atom. The number of fused-ring (bicyclic) bond motifs is 1. The first-order valence-corrected chi connectivity index (χ1v) is 12.1. The van der Waals surface area contributed by atoms with Crippen molar-refractivity contribution in [3.05, 3.63) is 77.6 Å². The molecule has 0 saturated carbocycles. The molecule has 0 radical (unpaired) electrons. The lowest BCUT2D eigenvalue weighted by atomic mass is 9.94. The third-order valence-corrected chi connectivity index (χ3v) is 7.05. The van der Waals surface area contributed by atoms with Gasteiger partial charge in [0.05, 0.1) is 10.7 Å². The van der Waals surface area contributed by atoms with Crippen LogP contribution in [-0.2, 0) is 11.2 Å². The molecule has 3 aromatic heterocycles. The molecule has 6 nitrogen and oxygen atoms in total. The van der Waals surface area contributed by atoms with Gasteiger partial charge in [0.1, 0.15) is 11.5 Å².